The molecule has 0 aliphatic heterocycles. The first-order valence-corrected chi connectivity index (χ1v) is 3.17. The average Bonchev–Trinajstić information content (AvgIpc) is 1.72. The van der Waals surface area contributed by atoms with E-state index in [1.807, 2.05) is 0 Å². The van der Waals surface area contributed by atoms with Gasteiger partial charge < -0.3 is 3.79 Å². The molecule has 0 N–H and O–H groups in total. The summed E-state index contributed by atoms with van der Waals surface area (Å²) in [6, 6.07) is 0. The van der Waals surface area contributed by atoms with Gasteiger partial charge in [0, 0.05) is 6.10 Å². The predicted molar refractivity (Wildman–Crippen MR) is 38.5 cm³/mol. The van der Waals surface area contributed by atoms with Crippen molar-refractivity contribution in [2.75, 3.05) is 0 Å². The van der Waals surface area contributed by atoms with Crippen molar-refractivity contribution in [3.05, 3.63) is 0 Å². The zero-order chi connectivity index (χ0) is 5.70. The SMILES string of the molecule is CCC(CC)[O][Al].Cl. The Morgan fingerprint density at radius 2 is 1.75 bits per heavy atom. The van der Waals surface area contributed by atoms with Crippen LogP contribution in [0.4, 0.5) is 0 Å². The first-order valence-electron chi connectivity index (χ1n) is 2.70. The van der Waals surface area contributed by atoms with Gasteiger partial charge in [0.05, 0.1) is 0 Å². The zero-order valence-electron chi connectivity index (χ0n) is 5.39. The van der Waals surface area contributed by atoms with Crippen LogP contribution in [0.1, 0.15) is 26.7 Å². The second-order valence-electron chi connectivity index (χ2n) is 1.57. The molecular formula is C5H12AlClO. The minimum atomic E-state index is 0. The standard InChI is InChI=1S/C5H11O.Al.ClH/c1-3-5(6)4-2;;/h5H,3-4H2,1-2H3;;1H/q-1;+1;. The number of hydrogen-bond donors (Lipinski definition) is 0. The van der Waals surface area contributed by atoms with Gasteiger partial charge in [0.15, 0.2) is 0 Å². The lowest BCUT2D eigenvalue weighted by atomic mass is 10.2. The maximum atomic E-state index is 4.97. The highest BCUT2D eigenvalue weighted by molar-refractivity contribution is 5.98. The molecule has 0 amide bonds. The highest BCUT2D eigenvalue weighted by Gasteiger charge is 1.94. The fraction of sp³-hybridized carbons (Fsp3) is 1.00. The lowest BCUT2D eigenvalue weighted by Gasteiger charge is -2.10. The van der Waals surface area contributed by atoms with Crippen LogP contribution < -0.4 is 0 Å². The van der Waals surface area contributed by atoms with E-state index in [2.05, 4.69) is 30.5 Å². The van der Waals surface area contributed by atoms with Crippen molar-refractivity contribution in [3.8, 4) is 0 Å². The zero-order valence-corrected chi connectivity index (χ0v) is 7.36. The van der Waals surface area contributed by atoms with Crippen LogP contribution >= 0.6 is 12.4 Å². The summed E-state index contributed by atoms with van der Waals surface area (Å²) in [6.07, 6.45) is 2.67. The summed E-state index contributed by atoms with van der Waals surface area (Å²) in [5, 5.41) is 0. The highest BCUT2D eigenvalue weighted by Crippen LogP contribution is 1.98. The molecule has 0 aliphatic carbocycles. The van der Waals surface area contributed by atoms with Crippen LogP contribution in [-0.4, -0.2) is 22.7 Å². The van der Waals surface area contributed by atoms with Crippen molar-refractivity contribution in [1.82, 2.24) is 0 Å². The third kappa shape index (κ3) is 4.93. The molecule has 0 atom stereocenters. The van der Waals surface area contributed by atoms with Crippen molar-refractivity contribution >= 4 is 29.0 Å². The Bertz CT molecular complexity index is 33.9. The van der Waals surface area contributed by atoms with Gasteiger partial charge in [-0.1, -0.05) is 13.8 Å². The van der Waals surface area contributed by atoms with Gasteiger partial charge in [-0.3, -0.25) is 0 Å². The third-order valence-corrected chi connectivity index (χ3v) is 1.49. The summed E-state index contributed by atoms with van der Waals surface area (Å²) in [5.74, 6) is 0. The van der Waals surface area contributed by atoms with E-state index in [0.29, 0.717) is 6.10 Å². The van der Waals surface area contributed by atoms with E-state index in [-0.39, 0.29) is 12.4 Å². The Hall–Kier alpha value is 0.782. The Kier molecular flexibility index (Phi) is 11.2. The molecule has 0 heterocycles. The third-order valence-electron chi connectivity index (χ3n) is 1.10. The highest BCUT2D eigenvalue weighted by atomic mass is 35.5. The van der Waals surface area contributed by atoms with E-state index < -0.39 is 0 Å². The van der Waals surface area contributed by atoms with Gasteiger partial charge in [-0.2, -0.15) is 0 Å². The maximum Gasteiger partial charge on any atom is 0.369 e. The van der Waals surface area contributed by atoms with Crippen molar-refractivity contribution in [1.29, 1.82) is 0 Å². The average molecular weight is 151 g/mol. The van der Waals surface area contributed by atoms with E-state index >= 15 is 0 Å². The van der Waals surface area contributed by atoms with E-state index in [1.54, 1.807) is 0 Å². The minimum absolute atomic E-state index is 0. The molecule has 0 saturated carbocycles. The van der Waals surface area contributed by atoms with E-state index in [0.717, 1.165) is 12.8 Å². The van der Waals surface area contributed by atoms with Gasteiger partial charge in [0.25, 0.3) is 0 Å². The summed E-state index contributed by atoms with van der Waals surface area (Å²) >= 11 is 2.28. The van der Waals surface area contributed by atoms with E-state index in [1.165, 1.54) is 0 Å². The van der Waals surface area contributed by atoms with Gasteiger partial charge in [-0.15, -0.1) is 12.4 Å². The minimum Gasteiger partial charge on any atom is -0.514 e. The van der Waals surface area contributed by atoms with Crippen LogP contribution in [0.5, 0.6) is 0 Å². The molecule has 2 radical (unpaired) electrons. The van der Waals surface area contributed by atoms with Gasteiger partial charge >= 0.3 is 16.6 Å². The molecule has 0 unspecified atom stereocenters. The summed E-state index contributed by atoms with van der Waals surface area (Å²) < 4.78 is 4.97. The maximum absolute atomic E-state index is 4.97. The van der Waals surface area contributed by atoms with Gasteiger partial charge in [-0.25, -0.2) is 0 Å². The van der Waals surface area contributed by atoms with Crippen LogP contribution in [0.15, 0.2) is 0 Å². The van der Waals surface area contributed by atoms with E-state index in [4.69, 9.17) is 3.79 Å². The molecule has 8 heavy (non-hydrogen) atoms. The Labute approximate surface area is 66.0 Å². The first kappa shape index (κ1) is 11.6. The van der Waals surface area contributed by atoms with Crippen LogP contribution in [0.3, 0.4) is 0 Å². The normalized spacial score (nSPS) is 8.88. The van der Waals surface area contributed by atoms with Gasteiger partial charge in [0.1, 0.15) is 0 Å². The lowest BCUT2D eigenvalue weighted by Crippen LogP contribution is -2.06. The fourth-order valence-corrected chi connectivity index (χ4v) is 0.866. The Morgan fingerprint density at radius 1 is 1.38 bits per heavy atom. The second-order valence-corrected chi connectivity index (χ2v) is 1.85. The molecule has 0 rings (SSSR count). The molecule has 0 spiro atoms. The molecule has 0 aliphatic rings. The van der Waals surface area contributed by atoms with Crippen molar-refractivity contribution in [2.45, 2.75) is 32.8 Å². The number of halogens is 1. The van der Waals surface area contributed by atoms with Crippen LogP contribution in [0.2, 0.25) is 0 Å². The summed E-state index contributed by atoms with van der Waals surface area (Å²) in [6.45, 7) is 4.25. The lowest BCUT2D eigenvalue weighted by molar-refractivity contribution is 0.212. The number of rotatable bonds is 3. The molecule has 3 heteroatoms. The smallest absolute Gasteiger partial charge is 0.369 e. The molecule has 0 aromatic rings. The van der Waals surface area contributed by atoms with Crippen LogP contribution in [0.25, 0.3) is 0 Å². The van der Waals surface area contributed by atoms with Crippen LogP contribution in [-0.2, 0) is 3.79 Å². The molecule has 0 aromatic carbocycles. The molecule has 0 fully saturated rings. The monoisotopic (exact) mass is 150 g/mol. The molecule has 1 nitrogen and oxygen atoms in total. The quantitative estimate of drug-likeness (QED) is 0.557. The fourth-order valence-electron chi connectivity index (χ4n) is 0.481. The molecule has 48 valence electrons. The second kappa shape index (κ2) is 7.78. The molecule has 0 aromatic heterocycles. The topological polar surface area (TPSA) is 9.23 Å². The molecule has 0 bridgehead atoms. The summed E-state index contributed by atoms with van der Waals surface area (Å²) in [7, 11) is 0. The van der Waals surface area contributed by atoms with Crippen molar-refractivity contribution in [3.63, 3.8) is 0 Å². The largest absolute Gasteiger partial charge is 0.514 e. The van der Waals surface area contributed by atoms with Crippen molar-refractivity contribution in [2.24, 2.45) is 0 Å². The Balaban J connectivity index is 0. The van der Waals surface area contributed by atoms with Crippen molar-refractivity contribution < 1.29 is 3.79 Å². The van der Waals surface area contributed by atoms with E-state index in [9.17, 15) is 0 Å². The van der Waals surface area contributed by atoms with Crippen LogP contribution in [0, 0.1) is 0 Å². The predicted octanol–water partition coefficient (Wildman–Crippen LogP) is 1.70. The van der Waals surface area contributed by atoms with Gasteiger partial charge in [0.2, 0.25) is 0 Å². The molecular weight excluding hydrogens is 138 g/mol. The Morgan fingerprint density at radius 3 is 1.75 bits per heavy atom. The molecule has 0 saturated heterocycles. The summed E-state index contributed by atoms with van der Waals surface area (Å²) in [5.41, 5.74) is 0. The number of hydrogen-bond acceptors (Lipinski definition) is 1. The van der Waals surface area contributed by atoms with Gasteiger partial charge in [-0.05, 0) is 12.8 Å². The first-order chi connectivity index (χ1) is 3.35. The summed E-state index contributed by atoms with van der Waals surface area (Å²) in [4.78, 5) is 0.